The van der Waals surface area contributed by atoms with E-state index in [1.165, 1.54) is 12.1 Å². The molecule has 3 N–H and O–H groups in total. The van der Waals surface area contributed by atoms with Gasteiger partial charge >= 0.3 is 0 Å². The zero-order valence-corrected chi connectivity index (χ0v) is 11.3. The summed E-state index contributed by atoms with van der Waals surface area (Å²) in [7, 11) is 1.57. The fraction of sp³-hybridized carbons (Fsp3) is 0.0769. The first-order valence-electron chi connectivity index (χ1n) is 5.25. The zero-order valence-electron chi connectivity index (χ0n) is 9.71. The standard InChI is InChI=1S/C13H12BrFN2O/c1-18-11-6-9(16)5-10(7-11)17-13-4-8(15)2-3-12(13)14/h2-7,17H,16H2,1H3. The van der Waals surface area contributed by atoms with Crippen molar-refractivity contribution < 1.29 is 9.13 Å². The smallest absolute Gasteiger partial charge is 0.125 e. The van der Waals surface area contributed by atoms with Gasteiger partial charge in [-0.3, -0.25) is 0 Å². The molecule has 0 aliphatic rings. The van der Waals surface area contributed by atoms with Gasteiger partial charge in [0, 0.05) is 28.0 Å². The summed E-state index contributed by atoms with van der Waals surface area (Å²) in [6, 6.07) is 9.68. The lowest BCUT2D eigenvalue weighted by Gasteiger charge is -2.11. The molecular weight excluding hydrogens is 299 g/mol. The van der Waals surface area contributed by atoms with Crippen molar-refractivity contribution in [2.75, 3.05) is 18.2 Å². The first-order chi connectivity index (χ1) is 8.58. The molecule has 3 nitrogen and oxygen atoms in total. The molecule has 2 aromatic rings. The Morgan fingerprint density at radius 2 is 2.00 bits per heavy atom. The highest BCUT2D eigenvalue weighted by atomic mass is 79.9. The number of rotatable bonds is 3. The molecule has 0 spiro atoms. The highest BCUT2D eigenvalue weighted by Crippen LogP contribution is 2.29. The van der Waals surface area contributed by atoms with Crippen LogP contribution in [0.3, 0.4) is 0 Å². The van der Waals surface area contributed by atoms with Crippen LogP contribution >= 0.6 is 15.9 Å². The van der Waals surface area contributed by atoms with Crippen LogP contribution in [0.2, 0.25) is 0 Å². The normalized spacial score (nSPS) is 10.2. The van der Waals surface area contributed by atoms with E-state index in [1.807, 2.05) is 0 Å². The highest BCUT2D eigenvalue weighted by molar-refractivity contribution is 9.10. The van der Waals surface area contributed by atoms with Crippen LogP contribution in [0.5, 0.6) is 5.75 Å². The molecule has 0 radical (unpaired) electrons. The molecule has 0 heterocycles. The van der Waals surface area contributed by atoms with E-state index in [0.29, 0.717) is 17.1 Å². The van der Waals surface area contributed by atoms with Gasteiger partial charge in [0.05, 0.1) is 12.8 Å². The average Bonchev–Trinajstić information content (AvgIpc) is 2.33. The second-order valence-electron chi connectivity index (χ2n) is 3.74. The number of anilines is 3. The van der Waals surface area contributed by atoms with Gasteiger partial charge in [0.1, 0.15) is 11.6 Å². The Morgan fingerprint density at radius 3 is 2.72 bits per heavy atom. The van der Waals surface area contributed by atoms with Crippen LogP contribution in [0.15, 0.2) is 40.9 Å². The molecule has 94 valence electrons. The van der Waals surface area contributed by atoms with Crippen molar-refractivity contribution in [1.82, 2.24) is 0 Å². The number of benzene rings is 2. The minimum Gasteiger partial charge on any atom is -0.497 e. The van der Waals surface area contributed by atoms with E-state index < -0.39 is 0 Å². The maximum absolute atomic E-state index is 13.2. The predicted molar refractivity (Wildman–Crippen MR) is 74.8 cm³/mol. The molecule has 0 bridgehead atoms. The maximum Gasteiger partial charge on any atom is 0.125 e. The zero-order chi connectivity index (χ0) is 13.1. The maximum atomic E-state index is 13.2. The number of ether oxygens (including phenoxy) is 1. The molecule has 0 fully saturated rings. The van der Waals surface area contributed by atoms with Crippen LogP contribution in [-0.4, -0.2) is 7.11 Å². The van der Waals surface area contributed by atoms with Gasteiger partial charge in [0.2, 0.25) is 0 Å². The van der Waals surface area contributed by atoms with Gasteiger partial charge in [-0.2, -0.15) is 0 Å². The monoisotopic (exact) mass is 310 g/mol. The van der Waals surface area contributed by atoms with Crippen molar-refractivity contribution in [3.8, 4) is 5.75 Å². The van der Waals surface area contributed by atoms with Crippen molar-refractivity contribution in [2.45, 2.75) is 0 Å². The third-order valence-corrected chi connectivity index (χ3v) is 3.06. The van der Waals surface area contributed by atoms with E-state index in [1.54, 1.807) is 31.4 Å². The minimum absolute atomic E-state index is 0.309. The third kappa shape index (κ3) is 2.92. The van der Waals surface area contributed by atoms with E-state index in [-0.39, 0.29) is 5.82 Å². The lowest BCUT2D eigenvalue weighted by Crippen LogP contribution is -1.95. The van der Waals surface area contributed by atoms with Gasteiger partial charge in [-0.25, -0.2) is 4.39 Å². The van der Waals surface area contributed by atoms with Crippen LogP contribution in [0, 0.1) is 5.82 Å². The third-order valence-electron chi connectivity index (χ3n) is 2.37. The van der Waals surface area contributed by atoms with Crippen molar-refractivity contribution in [3.63, 3.8) is 0 Å². The molecule has 0 aromatic heterocycles. The van der Waals surface area contributed by atoms with Crippen LogP contribution in [-0.2, 0) is 0 Å². The van der Waals surface area contributed by atoms with E-state index in [2.05, 4.69) is 21.2 Å². The number of nitrogens with two attached hydrogens (primary N) is 1. The fourth-order valence-corrected chi connectivity index (χ4v) is 1.91. The van der Waals surface area contributed by atoms with Gasteiger partial charge in [0.25, 0.3) is 0 Å². The summed E-state index contributed by atoms with van der Waals surface area (Å²) in [5.74, 6) is 0.335. The van der Waals surface area contributed by atoms with E-state index >= 15 is 0 Å². The largest absolute Gasteiger partial charge is 0.497 e. The summed E-state index contributed by atoms with van der Waals surface area (Å²) in [6.45, 7) is 0. The number of hydrogen-bond acceptors (Lipinski definition) is 3. The Bertz CT molecular complexity index is 575. The molecule has 18 heavy (non-hydrogen) atoms. The van der Waals surface area contributed by atoms with Gasteiger partial charge in [-0.05, 0) is 40.2 Å². The molecule has 0 amide bonds. The summed E-state index contributed by atoms with van der Waals surface area (Å²) in [6.07, 6.45) is 0. The lowest BCUT2D eigenvalue weighted by atomic mass is 10.2. The molecule has 2 rings (SSSR count). The lowest BCUT2D eigenvalue weighted by molar-refractivity contribution is 0.415. The Balaban J connectivity index is 2.33. The van der Waals surface area contributed by atoms with E-state index in [4.69, 9.17) is 10.5 Å². The summed E-state index contributed by atoms with van der Waals surface area (Å²) in [5.41, 5.74) is 7.69. The summed E-state index contributed by atoms with van der Waals surface area (Å²) < 4.78 is 19.1. The molecule has 0 aliphatic carbocycles. The van der Waals surface area contributed by atoms with E-state index in [0.717, 1.165) is 10.2 Å². The van der Waals surface area contributed by atoms with Gasteiger partial charge < -0.3 is 15.8 Å². The summed E-state index contributed by atoms with van der Waals surface area (Å²) >= 11 is 3.35. The topological polar surface area (TPSA) is 47.3 Å². The molecule has 0 saturated carbocycles. The molecule has 0 atom stereocenters. The Morgan fingerprint density at radius 1 is 1.22 bits per heavy atom. The first kappa shape index (κ1) is 12.7. The molecule has 5 heteroatoms. The molecule has 0 saturated heterocycles. The molecule has 2 aromatic carbocycles. The Labute approximate surface area is 113 Å². The van der Waals surface area contributed by atoms with Crippen molar-refractivity contribution in [3.05, 3.63) is 46.7 Å². The average molecular weight is 311 g/mol. The van der Waals surface area contributed by atoms with Gasteiger partial charge in [0.15, 0.2) is 0 Å². The highest BCUT2D eigenvalue weighted by Gasteiger charge is 2.04. The second kappa shape index (κ2) is 5.27. The fourth-order valence-electron chi connectivity index (χ4n) is 1.56. The quantitative estimate of drug-likeness (QED) is 0.845. The van der Waals surface area contributed by atoms with E-state index in [9.17, 15) is 4.39 Å². The number of halogens is 2. The van der Waals surface area contributed by atoms with Crippen LogP contribution in [0.4, 0.5) is 21.5 Å². The SMILES string of the molecule is COc1cc(N)cc(Nc2cc(F)ccc2Br)c1. The second-order valence-corrected chi connectivity index (χ2v) is 4.60. The Kier molecular flexibility index (Phi) is 3.72. The number of nitrogen functional groups attached to an aromatic ring is 1. The van der Waals surface area contributed by atoms with Crippen LogP contribution in [0.25, 0.3) is 0 Å². The molecular formula is C13H12BrFN2O. The van der Waals surface area contributed by atoms with Crippen molar-refractivity contribution in [2.24, 2.45) is 0 Å². The molecule has 0 unspecified atom stereocenters. The van der Waals surface area contributed by atoms with Gasteiger partial charge in [-0.15, -0.1) is 0 Å². The van der Waals surface area contributed by atoms with Gasteiger partial charge in [-0.1, -0.05) is 0 Å². The van der Waals surface area contributed by atoms with Crippen LogP contribution in [0.1, 0.15) is 0 Å². The summed E-state index contributed by atoms with van der Waals surface area (Å²) in [4.78, 5) is 0. The predicted octanol–water partition coefficient (Wildman–Crippen LogP) is 3.92. The van der Waals surface area contributed by atoms with Crippen molar-refractivity contribution in [1.29, 1.82) is 0 Å². The number of methoxy groups -OCH3 is 1. The Hall–Kier alpha value is -1.75. The number of hydrogen-bond donors (Lipinski definition) is 2. The number of nitrogens with one attached hydrogen (secondary N) is 1. The first-order valence-corrected chi connectivity index (χ1v) is 6.04. The van der Waals surface area contributed by atoms with Crippen molar-refractivity contribution >= 4 is 33.0 Å². The van der Waals surface area contributed by atoms with Crippen LogP contribution < -0.4 is 15.8 Å². The molecule has 0 aliphatic heterocycles. The summed E-state index contributed by atoms with van der Waals surface area (Å²) in [5, 5.41) is 3.08. The minimum atomic E-state index is -0.309.